The maximum Gasteiger partial charge on any atom is 0.122 e. The second kappa shape index (κ2) is 12.6. The van der Waals surface area contributed by atoms with Crippen molar-refractivity contribution in [1.82, 2.24) is 0 Å². The Morgan fingerprint density at radius 2 is 1.14 bits per heavy atom. The van der Waals surface area contributed by atoms with E-state index < -0.39 is 0 Å². The lowest BCUT2D eigenvalue weighted by atomic mass is 9.95. The minimum atomic E-state index is 0.286. The van der Waals surface area contributed by atoms with Gasteiger partial charge < -0.3 is 28.4 Å². The van der Waals surface area contributed by atoms with Gasteiger partial charge in [-0.05, 0) is 58.0 Å². The SMILES string of the molecule is CC(C)c1cc(-c2ccc(-c3ccc(OCCOCC4CO4)cc3)cc2)ccc1OCCOCC1CO1. The third-order valence-corrected chi connectivity index (χ3v) is 6.43. The summed E-state index contributed by atoms with van der Waals surface area (Å²) in [5.41, 5.74) is 5.89. The first-order valence-corrected chi connectivity index (χ1v) is 13.1. The zero-order valence-corrected chi connectivity index (χ0v) is 21.7. The number of ether oxygens (including phenoxy) is 6. The van der Waals surface area contributed by atoms with Crippen LogP contribution < -0.4 is 9.47 Å². The Morgan fingerprint density at radius 3 is 1.68 bits per heavy atom. The zero-order chi connectivity index (χ0) is 25.5. The fourth-order valence-electron chi connectivity index (χ4n) is 4.10. The summed E-state index contributed by atoms with van der Waals surface area (Å²) in [6, 6.07) is 23.3. The first-order valence-electron chi connectivity index (χ1n) is 13.1. The summed E-state index contributed by atoms with van der Waals surface area (Å²) < 4.78 is 33.2. The molecule has 196 valence electrons. The normalized spacial score (nSPS) is 18.1. The Labute approximate surface area is 219 Å². The third kappa shape index (κ3) is 7.79. The van der Waals surface area contributed by atoms with E-state index >= 15 is 0 Å². The third-order valence-electron chi connectivity index (χ3n) is 6.43. The smallest absolute Gasteiger partial charge is 0.122 e. The lowest BCUT2D eigenvalue weighted by molar-refractivity contribution is 0.0875. The highest BCUT2D eigenvalue weighted by molar-refractivity contribution is 5.71. The molecule has 0 aliphatic carbocycles. The van der Waals surface area contributed by atoms with E-state index in [9.17, 15) is 0 Å². The van der Waals surface area contributed by atoms with Crippen molar-refractivity contribution in [2.75, 3.05) is 52.9 Å². The molecule has 2 aliphatic rings. The van der Waals surface area contributed by atoms with Crippen molar-refractivity contribution in [3.05, 3.63) is 72.3 Å². The van der Waals surface area contributed by atoms with Crippen molar-refractivity contribution in [2.24, 2.45) is 0 Å². The van der Waals surface area contributed by atoms with Gasteiger partial charge in [0.15, 0.2) is 0 Å². The van der Waals surface area contributed by atoms with Gasteiger partial charge in [-0.2, -0.15) is 0 Å². The molecule has 0 radical (unpaired) electrons. The minimum Gasteiger partial charge on any atom is -0.491 e. The van der Waals surface area contributed by atoms with Crippen molar-refractivity contribution < 1.29 is 28.4 Å². The molecule has 0 amide bonds. The summed E-state index contributed by atoms with van der Waals surface area (Å²) in [5, 5.41) is 0. The van der Waals surface area contributed by atoms with Gasteiger partial charge in [-0.3, -0.25) is 0 Å². The summed E-state index contributed by atoms with van der Waals surface area (Å²) in [7, 11) is 0. The van der Waals surface area contributed by atoms with Crippen LogP contribution in [0.5, 0.6) is 11.5 Å². The molecule has 0 bridgehead atoms. The first-order chi connectivity index (χ1) is 18.2. The number of epoxide rings is 2. The Morgan fingerprint density at radius 1 is 0.649 bits per heavy atom. The monoisotopic (exact) mass is 504 g/mol. The second-order valence-electron chi connectivity index (χ2n) is 9.77. The molecule has 3 aromatic rings. The highest BCUT2D eigenvalue weighted by Crippen LogP contribution is 2.33. The van der Waals surface area contributed by atoms with Crippen molar-refractivity contribution in [3.8, 4) is 33.8 Å². The van der Waals surface area contributed by atoms with Crippen molar-refractivity contribution >= 4 is 0 Å². The number of rotatable bonds is 15. The molecule has 2 saturated heterocycles. The molecular weight excluding hydrogens is 468 g/mol. The highest BCUT2D eigenvalue weighted by Gasteiger charge is 2.22. The molecule has 2 atom stereocenters. The molecule has 2 heterocycles. The van der Waals surface area contributed by atoms with Crippen LogP contribution in [-0.2, 0) is 18.9 Å². The molecule has 0 N–H and O–H groups in total. The van der Waals surface area contributed by atoms with Crippen LogP contribution in [0.4, 0.5) is 0 Å². The van der Waals surface area contributed by atoms with Crippen LogP contribution in [0.25, 0.3) is 22.3 Å². The van der Waals surface area contributed by atoms with E-state index in [1.807, 2.05) is 12.1 Å². The zero-order valence-electron chi connectivity index (χ0n) is 21.7. The Bertz CT molecular complexity index is 1120. The van der Waals surface area contributed by atoms with Gasteiger partial charge in [0.2, 0.25) is 0 Å². The number of hydrogen-bond donors (Lipinski definition) is 0. The van der Waals surface area contributed by atoms with Gasteiger partial charge in [0.05, 0.1) is 39.6 Å². The van der Waals surface area contributed by atoms with Gasteiger partial charge in [0.1, 0.15) is 36.9 Å². The van der Waals surface area contributed by atoms with E-state index in [1.165, 1.54) is 22.3 Å². The maximum absolute atomic E-state index is 6.04. The van der Waals surface area contributed by atoms with E-state index in [0.717, 1.165) is 30.3 Å². The summed E-state index contributed by atoms with van der Waals surface area (Å²) in [5.74, 6) is 2.13. The topological polar surface area (TPSA) is 62.0 Å². The van der Waals surface area contributed by atoms with E-state index in [4.69, 9.17) is 28.4 Å². The van der Waals surface area contributed by atoms with Crippen LogP contribution >= 0.6 is 0 Å². The van der Waals surface area contributed by atoms with E-state index in [0.29, 0.717) is 51.7 Å². The largest absolute Gasteiger partial charge is 0.491 e. The standard InChI is InChI=1S/C31H36O6/c1-22(2)30-17-26(9-12-31(30)35-16-14-33-19-29-21-37-29)25-5-3-23(4-6-25)24-7-10-27(11-8-24)34-15-13-32-18-28-20-36-28/h3-12,17,22,28-29H,13-16,18-21H2,1-2H3. The number of benzene rings is 3. The summed E-state index contributed by atoms with van der Waals surface area (Å²) in [6.45, 7) is 9.53. The summed E-state index contributed by atoms with van der Waals surface area (Å²) in [4.78, 5) is 0. The van der Waals surface area contributed by atoms with Gasteiger partial charge in [0, 0.05) is 0 Å². The Hall–Kier alpha value is -2.90. The van der Waals surface area contributed by atoms with Gasteiger partial charge in [-0.25, -0.2) is 0 Å². The minimum absolute atomic E-state index is 0.286. The molecule has 6 heteroatoms. The van der Waals surface area contributed by atoms with Crippen LogP contribution in [0.1, 0.15) is 25.3 Å². The molecule has 6 nitrogen and oxygen atoms in total. The van der Waals surface area contributed by atoms with Gasteiger partial charge in [0.25, 0.3) is 0 Å². The van der Waals surface area contributed by atoms with E-state index in [1.54, 1.807) is 0 Å². The van der Waals surface area contributed by atoms with Crippen molar-refractivity contribution in [3.63, 3.8) is 0 Å². The molecule has 0 aromatic heterocycles. The predicted molar refractivity (Wildman–Crippen MR) is 144 cm³/mol. The van der Waals surface area contributed by atoms with Crippen LogP contribution in [0, 0.1) is 0 Å². The summed E-state index contributed by atoms with van der Waals surface area (Å²) in [6.07, 6.45) is 0.577. The fraction of sp³-hybridized carbons (Fsp3) is 0.419. The molecular formula is C31H36O6. The lowest BCUT2D eigenvalue weighted by Gasteiger charge is -2.16. The fourth-order valence-corrected chi connectivity index (χ4v) is 4.10. The van der Waals surface area contributed by atoms with Gasteiger partial charge in [-0.1, -0.05) is 56.3 Å². The maximum atomic E-state index is 6.04. The van der Waals surface area contributed by atoms with Crippen molar-refractivity contribution in [1.29, 1.82) is 0 Å². The molecule has 5 rings (SSSR count). The molecule has 0 spiro atoms. The van der Waals surface area contributed by atoms with Crippen molar-refractivity contribution in [2.45, 2.75) is 32.0 Å². The first kappa shape index (κ1) is 25.7. The van der Waals surface area contributed by atoms with E-state index in [2.05, 4.69) is 68.4 Å². The molecule has 2 fully saturated rings. The Balaban J connectivity index is 1.15. The molecule has 3 aromatic carbocycles. The molecule has 0 saturated carbocycles. The van der Waals surface area contributed by atoms with Gasteiger partial charge in [-0.15, -0.1) is 0 Å². The average molecular weight is 505 g/mol. The van der Waals surface area contributed by atoms with E-state index in [-0.39, 0.29) is 6.10 Å². The quantitative estimate of drug-likeness (QED) is 0.195. The highest BCUT2D eigenvalue weighted by atomic mass is 16.6. The molecule has 2 aliphatic heterocycles. The van der Waals surface area contributed by atoms with Crippen LogP contribution in [0.2, 0.25) is 0 Å². The second-order valence-corrected chi connectivity index (χ2v) is 9.77. The summed E-state index contributed by atoms with van der Waals surface area (Å²) >= 11 is 0. The molecule has 2 unspecified atom stereocenters. The number of hydrogen-bond acceptors (Lipinski definition) is 6. The van der Waals surface area contributed by atoms with Crippen LogP contribution in [-0.4, -0.2) is 65.1 Å². The van der Waals surface area contributed by atoms with Crippen LogP contribution in [0.3, 0.4) is 0 Å². The molecule has 37 heavy (non-hydrogen) atoms. The Kier molecular flexibility index (Phi) is 8.74. The average Bonchev–Trinajstić information content (AvgIpc) is 3.85. The lowest BCUT2D eigenvalue weighted by Crippen LogP contribution is -2.11. The van der Waals surface area contributed by atoms with Crippen LogP contribution in [0.15, 0.2) is 66.7 Å². The van der Waals surface area contributed by atoms with Gasteiger partial charge >= 0.3 is 0 Å². The predicted octanol–water partition coefficient (Wildman–Crippen LogP) is 5.73.